The Morgan fingerprint density at radius 1 is 0.957 bits per heavy atom. The van der Waals surface area contributed by atoms with Crippen LogP contribution in [0.15, 0.2) is 82.6 Å². The molecule has 2 bridgehead atoms. The zero-order chi connectivity index (χ0) is 31.7. The van der Waals surface area contributed by atoms with Gasteiger partial charge in [-0.05, 0) is 72.6 Å². The number of amides is 3. The first-order chi connectivity index (χ1) is 22.3. The van der Waals surface area contributed by atoms with Crippen molar-refractivity contribution >= 4 is 52.2 Å². The van der Waals surface area contributed by atoms with E-state index in [4.69, 9.17) is 9.47 Å². The largest absolute Gasteiger partial charge is 0.493 e. The summed E-state index contributed by atoms with van der Waals surface area (Å²) < 4.78 is 11.7. The highest BCUT2D eigenvalue weighted by Gasteiger charge is 2.69. The summed E-state index contributed by atoms with van der Waals surface area (Å²) in [5.41, 5.74) is 3.25. The van der Waals surface area contributed by atoms with Crippen LogP contribution in [0.25, 0.3) is 0 Å². The van der Waals surface area contributed by atoms with Crippen LogP contribution in [-0.2, 0) is 14.4 Å². The smallest absolute Gasteiger partial charge is 0.305 e. The summed E-state index contributed by atoms with van der Waals surface area (Å²) in [6.07, 6.45) is 0.807. The number of carbonyl (C=O) groups excluding carboxylic acids is 3. The highest BCUT2D eigenvalue weighted by molar-refractivity contribution is 8.00. The average molecular weight is 654 g/mol. The maximum Gasteiger partial charge on any atom is 0.305 e. The Labute approximate surface area is 273 Å². The van der Waals surface area contributed by atoms with E-state index in [1.807, 2.05) is 73.7 Å². The van der Waals surface area contributed by atoms with Crippen molar-refractivity contribution in [3.63, 3.8) is 0 Å². The topological polar surface area (TPSA) is 118 Å². The fourth-order valence-electron chi connectivity index (χ4n) is 8.26. The van der Waals surface area contributed by atoms with E-state index in [0.717, 1.165) is 33.1 Å². The van der Waals surface area contributed by atoms with Crippen molar-refractivity contribution in [2.45, 2.75) is 29.5 Å². The maximum atomic E-state index is 13.9. The number of para-hydroxylation sites is 2. The Balaban J connectivity index is 1.10. The molecule has 234 valence electrons. The van der Waals surface area contributed by atoms with Crippen LogP contribution in [0.4, 0.5) is 11.4 Å². The number of hydrogen-bond acceptors (Lipinski definition) is 8. The van der Waals surface area contributed by atoms with E-state index >= 15 is 0 Å². The minimum absolute atomic E-state index is 0.0000693. The summed E-state index contributed by atoms with van der Waals surface area (Å²) in [5, 5.41) is 3.80. The number of nitrogens with zero attached hydrogens (tertiary/aromatic N) is 1. The summed E-state index contributed by atoms with van der Waals surface area (Å²) in [6, 6.07) is 22.4. The average Bonchev–Trinajstić information content (AvgIpc) is 3.80. The monoisotopic (exact) mass is 653 g/mol. The quantitative estimate of drug-likeness (QED) is 0.255. The van der Waals surface area contributed by atoms with E-state index in [1.165, 1.54) is 16.2 Å². The van der Waals surface area contributed by atoms with Crippen molar-refractivity contribution in [3.05, 3.63) is 98.5 Å². The van der Waals surface area contributed by atoms with Gasteiger partial charge in [-0.3, -0.25) is 24.1 Å². The zero-order valence-corrected chi connectivity index (χ0v) is 26.7. The molecule has 3 amide bonds. The second-order valence-corrected chi connectivity index (χ2v) is 14.6. The molecule has 2 aliphatic heterocycles. The van der Waals surface area contributed by atoms with Crippen LogP contribution in [0, 0.1) is 36.5 Å². The van der Waals surface area contributed by atoms with Crippen LogP contribution in [0.5, 0.6) is 11.5 Å². The number of aryl methyl sites for hydroxylation is 1. The van der Waals surface area contributed by atoms with Crippen LogP contribution in [0.3, 0.4) is 0 Å². The van der Waals surface area contributed by atoms with E-state index in [2.05, 4.69) is 10.3 Å². The Bertz CT molecular complexity index is 1940. The first-order valence-electron chi connectivity index (χ1n) is 15.3. The molecule has 7 atom stereocenters. The molecule has 1 saturated heterocycles. The number of anilines is 2. The number of fused-ring (bicyclic) bond motifs is 9. The normalized spacial score (nSPS) is 27.3. The predicted octanol–water partition coefficient (Wildman–Crippen LogP) is 5.45. The van der Waals surface area contributed by atoms with E-state index in [-0.39, 0.29) is 70.0 Å². The van der Waals surface area contributed by atoms with Gasteiger partial charge in [-0.2, -0.15) is 0 Å². The number of benzene rings is 3. The van der Waals surface area contributed by atoms with Gasteiger partial charge in [-0.15, -0.1) is 11.8 Å². The lowest BCUT2D eigenvalue weighted by atomic mass is 9.68. The predicted molar refractivity (Wildman–Crippen MR) is 176 cm³/mol. The van der Waals surface area contributed by atoms with Gasteiger partial charge in [0, 0.05) is 21.7 Å². The number of methoxy groups -OCH3 is 1. The number of aromatic amines is 1. The van der Waals surface area contributed by atoms with E-state index in [0.29, 0.717) is 17.2 Å². The third-order valence-electron chi connectivity index (χ3n) is 10.1. The van der Waals surface area contributed by atoms with Crippen molar-refractivity contribution in [1.82, 2.24) is 4.98 Å². The van der Waals surface area contributed by atoms with Crippen molar-refractivity contribution in [2.75, 3.05) is 23.9 Å². The number of thiazole rings is 1. The molecule has 3 aromatic carbocycles. The van der Waals surface area contributed by atoms with Gasteiger partial charge >= 0.3 is 4.87 Å². The van der Waals surface area contributed by atoms with Gasteiger partial charge < -0.3 is 19.8 Å². The molecular weight excluding hydrogens is 623 g/mol. The number of carbonyl (C=O) groups is 3. The maximum absolute atomic E-state index is 13.9. The molecule has 46 heavy (non-hydrogen) atoms. The van der Waals surface area contributed by atoms with Gasteiger partial charge in [0.05, 0.1) is 29.7 Å². The fraction of sp³-hybridized carbons (Fsp3) is 0.314. The molecule has 3 fully saturated rings. The summed E-state index contributed by atoms with van der Waals surface area (Å²) in [5.74, 6) is -0.413. The standard InChI is InChI=1S/C35H31N3O6S2/c1-17-8-6-7-11-22(17)36-25(39)16-44-23-13-12-18(14-24(23)43-2)26-27-20-15-21(30(27)45-32-31(26)46-35(42)37-32)29-28(20)33(40)38(34(29)41)19-9-4-3-5-10-19/h3-14,20-21,26-30H,15-16H2,1-2H3,(H,36,39)(H,37,42)/t20?,21?,26-,27?,28?,29?,30?/m1/s1. The number of hydrogen-bond donors (Lipinski definition) is 2. The van der Waals surface area contributed by atoms with Crippen LogP contribution in [-0.4, -0.2) is 41.7 Å². The van der Waals surface area contributed by atoms with Crippen molar-refractivity contribution < 1.29 is 23.9 Å². The molecule has 0 spiro atoms. The van der Waals surface area contributed by atoms with Gasteiger partial charge in [-0.25, -0.2) is 0 Å². The van der Waals surface area contributed by atoms with Crippen molar-refractivity contribution in [3.8, 4) is 11.5 Å². The first kappa shape index (κ1) is 29.1. The molecule has 2 aliphatic carbocycles. The lowest BCUT2D eigenvalue weighted by molar-refractivity contribution is -0.123. The molecule has 11 heteroatoms. The molecule has 9 nitrogen and oxygen atoms in total. The summed E-state index contributed by atoms with van der Waals surface area (Å²) in [6.45, 7) is 1.73. The molecule has 3 heterocycles. The van der Waals surface area contributed by atoms with Crippen LogP contribution in [0.2, 0.25) is 0 Å². The highest BCUT2D eigenvalue weighted by atomic mass is 32.2. The number of nitrogens with one attached hydrogen (secondary N) is 2. The van der Waals surface area contributed by atoms with Crippen molar-refractivity contribution in [1.29, 1.82) is 0 Å². The minimum Gasteiger partial charge on any atom is -0.493 e. The van der Waals surface area contributed by atoms with E-state index in [1.54, 1.807) is 24.9 Å². The summed E-state index contributed by atoms with van der Waals surface area (Å²) in [4.78, 5) is 58.3. The van der Waals surface area contributed by atoms with Crippen molar-refractivity contribution in [2.24, 2.45) is 29.6 Å². The lowest BCUT2D eigenvalue weighted by Gasteiger charge is -2.43. The minimum atomic E-state index is -0.379. The van der Waals surface area contributed by atoms with Crippen LogP contribution < -0.4 is 24.6 Å². The van der Waals surface area contributed by atoms with Gasteiger partial charge in [0.2, 0.25) is 11.8 Å². The Kier molecular flexibility index (Phi) is 7.06. The lowest BCUT2D eigenvalue weighted by Crippen LogP contribution is -2.42. The number of thioether (sulfide) groups is 1. The summed E-state index contributed by atoms with van der Waals surface area (Å²) in [7, 11) is 1.56. The molecule has 2 N–H and O–H groups in total. The number of rotatable bonds is 7. The third kappa shape index (κ3) is 4.51. The molecule has 6 unspecified atom stereocenters. The molecule has 8 rings (SSSR count). The number of ether oxygens (including phenoxy) is 2. The number of H-pyrrole nitrogens is 1. The van der Waals surface area contributed by atoms with Gasteiger partial charge in [-0.1, -0.05) is 53.8 Å². The second kappa shape index (κ2) is 11.2. The van der Waals surface area contributed by atoms with Gasteiger partial charge in [0.25, 0.3) is 5.91 Å². The molecule has 1 aromatic heterocycles. The first-order valence-corrected chi connectivity index (χ1v) is 17.0. The Morgan fingerprint density at radius 3 is 2.46 bits per heavy atom. The van der Waals surface area contributed by atoms with E-state index in [9.17, 15) is 19.2 Å². The molecule has 4 aliphatic rings. The second-order valence-electron chi connectivity index (χ2n) is 12.4. The zero-order valence-electron chi connectivity index (χ0n) is 25.1. The van der Waals surface area contributed by atoms with Crippen LogP contribution >= 0.6 is 23.1 Å². The molecule has 2 saturated carbocycles. The molecule has 4 aromatic rings. The SMILES string of the molecule is COc1cc([C@H]2c3sc(=O)[nH]c3SC3C4CC(C5C(=O)N(c6ccccc6)C(=O)C45)C32)ccc1OCC(=O)Nc1ccccc1C. The molecular formula is C35H31N3O6S2. The highest BCUT2D eigenvalue weighted by Crippen LogP contribution is 2.68. The van der Waals surface area contributed by atoms with Gasteiger partial charge in [0.15, 0.2) is 18.1 Å². The molecule has 0 radical (unpaired) electrons. The van der Waals surface area contributed by atoms with E-state index < -0.39 is 0 Å². The third-order valence-corrected chi connectivity index (χ3v) is 12.7. The fourth-order valence-corrected chi connectivity index (χ4v) is 11.2. The Hall–Kier alpha value is -4.35. The number of imide groups is 1. The Morgan fingerprint density at radius 2 is 1.70 bits per heavy atom. The van der Waals surface area contributed by atoms with Gasteiger partial charge in [0.1, 0.15) is 0 Å². The summed E-state index contributed by atoms with van der Waals surface area (Å²) >= 11 is 2.87. The van der Waals surface area contributed by atoms with Crippen LogP contribution in [0.1, 0.15) is 28.3 Å². The number of aromatic nitrogens is 1.